The van der Waals surface area contributed by atoms with Gasteiger partial charge >= 0.3 is 18.1 Å². The molecule has 35 heteroatoms. The van der Waals surface area contributed by atoms with Crippen LogP contribution in [0, 0.1) is 88.8 Å². The first-order valence-corrected chi connectivity index (χ1v) is 48.8. The van der Waals surface area contributed by atoms with Crippen molar-refractivity contribution in [1.82, 2.24) is 79.8 Å². The van der Waals surface area contributed by atoms with Crippen LogP contribution < -0.4 is 79.8 Å². The number of rotatable bonds is 62. The largest absolute Gasteiger partial charge is 0.471 e. The molecule has 766 valence electrons. The molecule has 15 atom stereocenters. The number of amides is 15. The summed E-state index contributed by atoms with van der Waals surface area (Å²) in [5.41, 5.74) is 0.761. The second kappa shape index (κ2) is 60.9. The van der Waals surface area contributed by atoms with Crippen LogP contribution in [0.3, 0.4) is 0 Å². The zero-order valence-corrected chi connectivity index (χ0v) is 86.1. The lowest BCUT2D eigenvalue weighted by Crippen LogP contribution is -2.61. The van der Waals surface area contributed by atoms with E-state index in [0.29, 0.717) is 0 Å². The zero-order chi connectivity index (χ0) is 103. The molecule has 0 saturated carbocycles. The van der Waals surface area contributed by atoms with E-state index in [1.165, 1.54) is 0 Å². The molecule has 1 aromatic carbocycles. The molecule has 0 aromatic heterocycles. The van der Waals surface area contributed by atoms with Crippen LogP contribution in [-0.2, 0) is 88.1 Å². The molecule has 0 aliphatic rings. The highest BCUT2D eigenvalue weighted by Gasteiger charge is 2.44. The van der Waals surface area contributed by atoms with Gasteiger partial charge in [0, 0.05) is 0 Å². The Morgan fingerprint density at radius 3 is 0.448 bits per heavy atom. The molecule has 0 saturated heterocycles. The number of ether oxygens (including phenoxy) is 1. The summed E-state index contributed by atoms with van der Waals surface area (Å²) in [6.07, 6.45) is -4.43. The number of benzene rings is 1. The lowest BCUT2D eigenvalue weighted by Gasteiger charge is -2.30. The van der Waals surface area contributed by atoms with Gasteiger partial charge in [0.1, 0.15) is 97.2 Å². The van der Waals surface area contributed by atoms with E-state index in [9.17, 15) is 89.9 Å². The molecule has 15 amide bonds. The summed E-state index contributed by atoms with van der Waals surface area (Å²) in [7, 11) is 0. The predicted octanol–water partition coefficient (Wildman–Crippen LogP) is 10.3. The molecule has 15 N–H and O–H groups in total. The molecular weight excluding hydrogens is 1730 g/mol. The van der Waals surface area contributed by atoms with Crippen LogP contribution in [0.15, 0.2) is 30.3 Å². The van der Waals surface area contributed by atoms with Crippen molar-refractivity contribution >= 4 is 94.6 Å². The number of nitrogens with one attached hydrogen (secondary N) is 15. The highest BCUT2D eigenvalue weighted by atomic mass is 19.4. The highest BCUT2D eigenvalue weighted by Crippen LogP contribution is 2.23. The summed E-state index contributed by atoms with van der Waals surface area (Å²) in [5, 5.41) is 41.0. The van der Waals surface area contributed by atoms with Crippen LogP contribution in [0.5, 0.6) is 0 Å². The van der Waals surface area contributed by atoms with Crippen molar-refractivity contribution in [3.05, 3.63) is 35.9 Å². The fourth-order valence-electron chi connectivity index (χ4n) is 15.4. The van der Waals surface area contributed by atoms with E-state index in [0.717, 1.165) is 5.56 Å². The van der Waals surface area contributed by atoms with E-state index in [1.807, 2.05) is 183 Å². The average molecular weight is 1900 g/mol. The third kappa shape index (κ3) is 50.4. The molecule has 0 radical (unpaired) electrons. The highest BCUT2D eigenvalue weighted by molar-refractivity contribution is 6.01. The lowest BCUT2D eigenvalue weighted by molar-refractivity contribution is -0.174. The molecule has 134 heavy (non-hydrogen) atoms. The van der Waals surface area contributed by atoms with Gasteiger partial charge in [-0.1, -0.05) is 238 Å². The molecule has 0 heterocycles. The summed E-state index contributed by atoms with van der Waals surface area (Å²) in [6, 6.07) is -10.3. The van der Waals surface area contributed by atoms with Gasteiger partial charge in [0.25, 0.3) is 0 Å². The van der Waals surface area contributed by atoms with Crippen LogP contribution in [-0.4, -0.2) is 191 Å². The molecule has 1 rings (SSSR count). The van der Waals surface area contributed by atoms with Crippen molar-refractivity contribution in [3.8, 4) is 0 Å². The normalized spacial score (nSPS) is 15.4. The summed E-state index contributed by atoms with van der Waals surface area (Å²) in [6.45, 7) is 54.4. The third-order valence-electron chi connectivity index (χ3n) is 21.5. The summed E-state index contributed by atoms with van der Waals surface area (Å²) in [4.78, 5) is 230. The Bertz CT molecular complexity index is 3800. The summed E-state index contributed by atoms with van der Waals surface area (Å²) >= 11 is 0. The summed E-state index contributed by atoms with van der Waals surface area (Å²) < 4.78 is 45.9. The predicted molar refractivity (Wildman–Crippen MR) is 513 cm³/mol. The fourth-order valence-corrected chi connectivity index (χ4v) is 15.4. The van der Waals surface area contributed by atoms with Gasteiger partial charge in [0.15, 0.2) is 0 Å². The van der Waals surface area contributed by atoms with E-state index < -0.39 is 191 Å². The first-order chi connectivity index (χ1) is 62.0. The first-order valence-electron chi connectivity index (χ1n) is 48.8. The fraction of sp³-hybridized carbons (Fsp3) is 0.778. The van der Waals surface area contributed by atoms with Crippen molar-refractivity contribution < 1.29 is 94.6 Å². The van der Waals surface area contributed by atoms with Gasteiger partial charge in [0.2, 0.25) is 82.7 Å². The number of hydrogen-bond acceptors (Lipinski definition) is 17. The Labute approximate surface area is 797 Å². The maximum atomic E-state index is 14.9. The molecule has 0 aliphatic carbocycles. The zero-order valence-electron chi connectivity index (χ0n) is 86.1. The van der Waals surface area contributed by atoms with Crippen molar-refractivity contribution in [2.45, 2.75) is 407 Å². The minimum atomic E-state index is -5.30. The van der Waals surface area contributed by atoms with Crippen LogP contribution in [0.25, 0.3) is 0 Å². The maximum absolute atomic E-state index is 14.9. The Balaban J connectivity index is 3.72. The number of halogens is 3. The molecule has 0 unspecified atom stereocenters. The van der Waals surface area contributed by atoms with Gasteiger partial charge < -0.3 is 84.5 Å². The second-order valence-corrected chi connectivity index (χ2v) is 42.9. The number of alkyl halides is 3. The molecule has 32 nitrogen and oxygen atoms in total. The van der Waals surface area contributed by atoms with Crippen LogP contribution in [0.2, 0.25) is 0 Å². The smallest absolute Gasteiger partial charge is 0.459 e. The number of esters is 1. The molecule has 0 spiro atoms. The van der Waals surface area contributed by atoms with E-state index in [4.69, 9.17) is 4.74 Å². The Hall–Kier alpha value is -9.47. The number of hydrogen-bond donors (Lipinski definition) is 15. The van der Waals surface area contributed by atoms with Crippen molar-refractivity contribution in [2.24, 2.45) is 88.8 Å². The minimum absolute atomic E-state index is 0.0118. The Morgan fingerprint density at radius 1 is 0.201 bits per heavy atom. The molecular formula is C99H172F3N15O17. The van der Waals surface area contributed by atoms with Gasteiger partial charge in [-0.25, -0.2) is 4.79 Å². The van der Waals surface area contributed by atoms with E-state index in [2.05, 4.69) is 74.4 Å². The number of carbonyl (C=O) groups excluding carboxylic acids is 16. The Kier molecular flexibility index (Phi) is 55.7. The van der Waals surface area contributed by atoms with Gasteiger partial charge in [-0.05, 0) is 191 Å². The maximum Gasteiger partial charge on any atom is 0.471 e. The van der Waals surface area contributed by atoms with Gasteiger partial charge in [-0.3, -0.25) is 71.9 Å². The third-order valence-corrected chi connectivity index (χ3v) is 21.5. The Morgan fingerprint density at radius 2 is 0.321 bits per heavy atom. The van der Waals surface area contributed by atoms with E-state index >= 15 is 0 Å². The monoisotopic (exact) mass is 1900 g/mol. The van der Waals surface area contributed by atoms with Crippen LogP contribution in [0.1, 0.15) is 310 Å². The van der Waals surface area contributed by atoms with E-state index in [-0.39, 0.29) is 192 Å². The molecule has 0 fully saturated rings. The second-order valence-electron chi connectivity index (χ2n) is 42.9. The minimum Gasteiger partial charge on any atom is -0.459 e. The quantitative estimate of drug-likeness (QED) is 0.0269. The van der Waals surface area contributed by atoms with E-state index in [1.54, 1.807) is 60.7 Å². The topological polar surface area (TPSA) is 463 Å². The molecule has 0 aliphatic heterocycles. The average Bonchev–Trinajstić information content (AvgIpc) is 0.850. The molecule has 1 aromatic rings. The number of carbonyl (C=O) groups is 16. The SMILES string of the molecule is CC(C)C[C@H](NC(=O)[C@H](CC(C)C)NC(=O)[C@H](CC(C)C)NC(=O)[C@H](CC(C)C)NC(=O)[C@H](CC(C)C)NC(=O)[C@H](CC(C)C)NC(=O)[C@H](CC(C)C)NC(=O)[C@H](CC(C)C)NC(=O)C(F)(F)F)C(=O)N[C@@H](CC(C)C)C(=O)N[C@@H](CC(C)C)C(=O)N[C@@H](CC(C)C)C(=O)N[C@@H](CC(C)C)C(=O)N[C@@H](CC(C)C)C(=O)N[C@@H](CC(C)C)C(=O)N[C@@H](CC(C)C)C(=O)OCc1ccccc1. The van der Waals surface area contributed by atoms with Gasteiger partial charge in [-0.15, -0.1) is 0 Å². The van der Waals surface area contributed by atoms with Crippen molar-refractivity contribution in [2.75, 3.05) is 0 Å². The van der Waals surface area contributed by atoms with Crippen molar-refractivity contribution in [1.29, 1.82) is 0 Å². The van der Waals surface area contributed by atoms with Crippen molar-refractivity contribution in [3.63, 3.8) is 0 Å². The standard InChI is InChI=1S/C99H172F3N15O17/c1-52(2)36-68(103-84(119)69(37-53(3)4)105-86(121)71(39-55(7)8)107-88(123)73(41-57(11)12)109-90(125)75(43-59(15)16)111-92(127)77(45-61(19)20)113-94(129)79(47-63(23)24)115-96(131)81(49-65(27)28)117-98(133)99(100,101)102)83(118)104-70(38-54(5)6)85(120)106-72(40-56(9)10)87(122)108-74(42-58(13)14)89(124)110-76(44-60(17)18)91(126)112-78(46-62(21)22)93(128)114-80(48-64(25)26)95(130)116-82(50-66(29)30)97(132)134-51-67-34-32-31-33-35-67/h31-35,52-66,68-82H,36-51H2,1-30H3,(H,103,119)(H,104,118)(H,105,121)(H,106,120)(H,107,123)(H,108,122)(H,109,125)(H,110,124)(H,111,127)(H,112,126)(H,113,129)(H,114,128)(H,115,131)(H,116,130)(H,117,133)/t68-,69-,70-,71-,72-,73-,74-,75-,76-,77-,78-,79-,80-,81-,82-/m0/s1. The summed E-state index contributed by atoms with van der Waals surface area (Å²) in [5.74, 6) is -16.9. The van der Waals surface area contributed by atoms with Crippen LogP contribution in [0.4, 0.5) is 13.2 Å². The first kappa shape index (κ1) is 123. The van der Waals surface area contributed by atoms with Crippen LogP contribution >= 0.6 is 0 Å². The van der Waals surface area contributed by atoms with Gasteiger partial charge in [0.05, 0.1) is 0 Å². The molecule has 0 bridgehead atoms. The lowest BCUT2D eigenvalue weighted by atomic mass is 9.97. The van der Waals surface area contributed by atoms with Gasteiger partial charge in [-0.2, -0.15) is 13.2 Å².